The van der Waals surface area contributed by atoms with Crippen LogP contribution < -0.4 is 9.13 Å². The van der Waals surface area contributed by atoms with Crippen LogP contribution in [-0.2, 0) is 13.0 Å². The molecule has 2 aromatic heterocycles. The van der Waals surface area contributed by atoms with Gasteiger partial charge in [-0.2, -0.15) is 9.13 Å². The van der Waals surface area contributed by atoms with Gasteiger partial charge in [0.15, 0.2) is 18.4 Å². The number of pyridine rings is 2. The minimum absolute atomic E-state index is 0.394. The Morgan fingerprint density at radius 1 is 0.479 bits per heavy atom. The van der Waals surface area contributed by atoms with Crippen molar-refractivity contribution in [3.63, 3.8) is 0 Å². The number of aromatic nitrogens is 2. The quantitative estimate of drug-likeness (QED) is 0.102. The van der Waals surface area contributed by atoms with Crippen molar-refractivity contribution in [1.82, 2.24) is 0 Å². The first kappa shape index (κ1) is 45.7. The van der Waals surface area contributed by atoms with Crippen LogP contribution in [-0.4, -0.2) is 0 Å². The Labute approximate surface area is 421 Å². The average molecular weight is 921 g/mol. The van der Waals surface area contributed by atoms with Gasteiger partial charge in [-0.05, 0) is 152 Å². The molecule has 0 aliphatic carbocycles. The van der Waals surface area contributed by atoms with Crippen molar-refractivity contribution in [1.29, 1.82) is 0 Å². The van der Waals surface area contributed by atoms with E-state index in [-0.39, 0.29) is 0 Å². The predicted molar refractivity (Wildman–Crippen MR) is 298 cm³/mol. The lowest BCUT2D eigenvalue weighted by Gasteiger charge is -2.25. The van der Waals surface area contributed by atoms with E-state index in [0.29, 0.717) is 17.9 Å². The molecule has 0 amide bonds. The summed E-state index contributed by atoms with van der Waals surface area (Å²) in [5, 5.41) is 2.55. The van der Waals surface area contributed by atoms with E-state index < -0.39 is 0 Å². The third-order valence-corrected chi connectivity index (χ3v) is 15.5. The summed E-state index contributed by atoms with van der Waals surface area (Å²) in [6, 6.07) is 79.5. The van der Waals surface area contributed by atoms with E-state index in [1.165, 1.54) is 118 Å². The molecule has 2 nitrogen and oxygen atoms in total. The van der Waals surface area contributed by atoms with Gasteiger partial charge in [-0.15, -0.1) is 0 Å². The second-order valence-electron chi connectivity index (χ2n) is 19.9. The number of hydrogen-bond acceptors (Lipinski definition) is 0. The number of fused-ring (bicyclic) bond motifs is 4. The molecule has 10 aromatic rings. The molecule has 3 atom stereocenters. The van der Waals surface area contributed by atoms with E-state index >= 15 is 0 Å². The van der Waals surface area contributed by atoms with Crippen molar-refractivity contribution in [3.8, 4) is 78.1 Å². The van der Waals surface area contributed by atoms with E-state index in [0.717, 1.165) is 25.8 Å². The summed E-state index contributed by atoms with van der Waals surface area (Å²) < 4.78 is 5.22. The highest BCUT2D eigenvalue weighted by molar-refractivity contribution is 5.94. The Kier molecular flexibility index (Phi) is 13.1. The van der Waals surface area contributed by atoms with Crippen molar-refractivity contribution in [2.75, 3.05) is 0 Å². The molecule has 11 rings (SSSR count). The van der Waals surface area contributed by atoms with E-state index in [4.69, 9.17) is 0 Å². The van der Waals surface area contributed by atoms with Gasteiger partial charge in [0.05, 0.1) is 10.9 Å². The molecule has 0 N–H and O–H groups in total. The van der Waals surface area contributed by atoms with Gasteiger partial charge in [0.2, 0.25) is 11.4 Å². The van der Waals surface area contributed by atoms with Gasteiger partial charge >= 0.3 is 0 Å². The first-order chi connectivity index (χ1) is 34.9. The summed E-state index contributed by atoms with van der Waals surface area (Å²) in [6.07, 6.45) is 10.6. The molecule has 1 aliphatic heterocycles. The maximum Gasteiger partial charge on any atom is 0.220 e. The van der Waals surface area contributed by atoms with Gasteiger partial charge < -0.3 is 0 Å². The van der Waals surface area contributed by atoms with Crippen LogP contribution in [0.1, 0.15) is 75.1 Å². The molecule has 0 saturated heterocycles. The fourth-order valence-corrected chi connectivity index (χ4v) is 11.7. The molecule has 3 heterocycles. The summed E-state index contributed by atoms with van der Waals surface area (Å²) >= 11 is 0. The van der Waals surface area contributed by atoms with Crippen LogP contribution in [0.15, 0.2) is 225 Å². The summed E-state index contributed by atoms with van der Waals surface area (Å²) in [4.78, 5) is 0. The van der Waals surface area contributed by atoms with Crippen LogP contribution in [0.3, 0.4) is 0 Å². The van der Waals surface area contributed by atoms with Crippen molar-refractivity contribution >= 4 is 10.8 Å². The first-order valence-corrected chi connectivity index (χ1v) is 26.1. The van der Waals surface area contributed by atoms with E-state index in [9.17, 15) is 0 Å². The van der Waals surface area contributed by atoms with Gasteiger partial charge in [0, 0.05) is 42.0 Å². The lowest BCUT2D eigenvalue weighted by Crippen LogP contribution is -2.45. The van der Waals surface area contributed by atoms with Gasteiger partial charge in [0.25, 0.3) is 0 Å². The van der Waals surface area contributed by atoms with Crippen LogP contribution in [0.2, 0.25) is 0 Å². The second kappa shape index (κ2) is 20.3. The highest BCUT2D eigenvalue weighted by atomic mass is 15.0. The number of nitrogens with zero attached hydrogens (tertiary/aromatic N) is 2. The second-order valence-corrected chi connectivity index (χ2v) is 19.9. The number of hydrogen-bond donors (Lipinski definition) is 0. The van der Waals surface area contributed by atoms with Gasteiger partial charge in [-0.25, -0.2) is 0 Å². The molecule has 0 spiro atoms. The third-order valence-electron chi connectivity index (χ3n) is 15.5. The standard InChI is InChI=1S/C69H64N2/c1-5-7-20-50-34-36-68-65-32-17-16-31-64(65)62(49(4)67(6-2)71(68)47-50)38-40-70-39-37-53-25-14-15-30-63(53)69(70)66-46-58(35-33-48(66)3)55-27-19-29-57(42-55)61-44-59(52-23-12-9-13-24-52)43-60(45-61)56-28-18-26-54(41-56)51-21-10-8-11-22-51/h8-19,21-37,39,41-47,49,62,67H,5-7,20,38,40H2,1-4H3/q+2. The van der Waals surface area contributed by atoms with Crippen LogP contribution in [0.5, 0.6) is 0 Å². The molecule has 348 valence electrons. The van der Waals surface area contributed by atoms with Crippen molar-refractivity contribution in [2.45, 2.75) is 78.3 Å². The Balaban J connectivity index is 0.963. The van der Waals surface area contributed by atoms with Crippen LogP contribution in [0, 0.1) is 12.8 Å². The number of benzene rings is 8. The molecule has 1 aliphatic rings. The maximum atomic E-state index is 2.65. The molecule has 0 bridgehead atoms. The van der Waals surface area contributed by atoms with Gasteiger partial charge in [-0.1, -0.05) is 173 Å². The Morgan fingerprint density at radius 3 is 1.73 bits per heavy atom. The summed E-state index contributed by atoms with van der Waals surface area (Å²) in [5.41, 5.74) is 21.6. The molecule has 2 heteroatoms. The smallest absolute Gasteiger partial charge is 0.198 e. The lowest BCUT2D eigenvalue weighted by atomic mass is 9.79. The number of rotatable bonds is 13. The highest BCUT2D eigenvalue weighted by Gasteiger charge is 2.40. The fourth-order valence-electron chi connectivity index (χ4n) is 11.7. The SMILES string of the molecule is CCCCc1ccc2[n+](c1)C(CC)C(C)C(CC[n+]1ccc3ccccc3c1-c1cc(-c3cccc(-c4cc(-c5ccccc5)cc(-c5cccc(-c6ccccc6)c5)c4)c3)ccc1C)c1ccccc1-2. The Morgan fingerprint density at radius 2 is 1.04 bits per heavy atom. The van der Waals surface area contributed by atoms with Crippen molar-refractivity contribution in [3.05, 3.63) is 241 Å². The van der Waals surface area contributed by atoms with Crippen molar-refractivity contribution < 1.29 is 9.13 Å². The maximum absolute atomic E-state index is 2.65. The zero-order valence-electron chi connectivity index (χ0n) is 41.7. The van der Waals surface area contributed by atoms with Crippen LogP contribution in [0.25, 0.3) is 88.9 Å². The van der Waals surface area contributed by atoms with E-state index in [1.54, 1.807) is 0 Å². The van der Waals surface area contributed by atoms with Crippen LogP contribution >= 0.6 is 0 Å². The van der Waals surface area contributed by atoms with Gasteiger partial charge in [0.1, 0.15) is 6.54 Å². The molecular weight excluding hydrogens is 857 g/mol. The van der Waals surface area contributed by atoms with Crippen molar-refractivity contribution in [2.24, 2.45) is 5.92 Å². The molecule has 3 unspecified atom stereocenters. The molecular formula is C69H64N2+2. The monoisotopic (exact) mass is 921 g/mol. The highest BCUT2D eigenvalue weighted by Crippen LogP contribution is 2.43. The number of aryl methyl sites for hydroxylation is 3. The minimum Gasteiger partial charge on any atom is -0.198 e. The van der Waals surface area contributed by atoms with E-state index in [1.807, 2.05) is 0 Å². The Hall–Kier alpha value is -7.68. The Bertz CT molecular complexity index is 3500. The minimum atomic E-state index is 0.394. The largest absolute Gasteiger partial charge is 0.220 e. The van der Waals surface area contributed by atoms with Crippen LogP contribution in [0.4, 0.5) is 0 Å². The third kappa shape index (κ3) is 9.28. The summed E-state index contributed by atoms with van der Waals surface area (Å²) in [6.45, 7) is 10.4. The molecule has 0 radical (unpaired) electrons. The zero-order valence-corrected chi connectivity index (χ0v) is 41.7. The topological polar surface area (TPSA) is 7.76 Å². The van der Waals surface area contributed by atoms with E-state index in [2.05, 4.69) is 262 Å². The normalized spacial score (nSPS) is 15.2. The lowest BCUT2D eigenvalue weighted by molar-refractivity contribution is -0.720. The fraction of sp³-hybridized carbons (Fsp3) is 0.188. The zero-order chi connectivity index (χ0) is 48.3. The average Bonchev–Trinajstić information content (AvgIpc) is 3.53. The molecule has 0 saturated carbocycles. The predicted octanol–water partition coefficient (Wildman–Crippen LogP) is 17.5. The first-order valence-electron chi connectivity index (χ1n) is 26.1. The molecule has 0 fully saturated rings. The molecule has 71 heavy (non-hydrogen) atoms. The molecule has 8 aromatic carbocycles. The van der Waals surface area contributed by atoms with Gasteiger partial charge in [-0.3, -0.25) is 0 Å². The summed E-state index contributed by atoms with van der Waals surface area (Å²) in [5.74, 6) is 0.852. The number of unbranched alkanes of at least 4 members (excludes halogenated alkanes) is 1. The summed E-state index contributed by atoms with van der Waals surface area (Å²) in [7, 11) is 0.